The van der Waals surface area contributed by atoms with Crippen molar-refractivity contribution in [2.24, 2.45) is 0 Å². The van der Waals surface area contributed by atoms with Gasteiger partial charge in [-0.1, -0.05) is 11.6 Å². The Morgan fingerprint density at radius 3 is 2.80 bits per heavy atom. The molecule has 1 aliphatic rings. The number of fused-ring (bicyclic) bond motifs is 1. The summed E-state index contributed by atoms with van der Waals surface area (Å²) in [6, 6.07) is 3.25. The molecule has 2 aromatic rings. The summed E-state index contributed by atoms with van der Waals surface area (Å²) in [4.78, 5) is 37.3. The lowest BCUT2D eigenvalue weighted by Crippen LogP contribution is -2.54. The third-order valence-corrected chi connectivity index (χ3v) is 3.71. The topological polar surface area (TPSA) is 130 Å². The quantitative estimate of drug-likeness (QED) is 0.652. The molecule has 132 valence electrons. The van der Waals surface area contributed by atoms with Gasteiger partial charge in [-0.3, -0.25) is 4.79 Å². The number of pyridine rings is 1. The van der Waals surface area contributed by atoms with E-state index in [1.807, 2.05) is 0 Å². The summed E-state index contributed by atoms with van der Waals surface area (Å²) < 4.78 is 5.14. The molecule has 25 heavy (non-hydrogen) atoms. The fourth-order valence-corrected chi connectivity index (χ4v) is 2.43. The van der Waals surface area contributed by atoms with Gasteiger partial charge in [0.25, 0.3) is 5.91 Å². The molecule has 10 nitrogen and oxygen atoms in total. The average Bonchev–Trinajstić information content (AvgIpc) is 2.57. The SMILES string of the molecule is CNC(=O)OC1CN(c2nc3ccc(Cl)nc3nc2NC(=O)CO)C1. The highest BCUT2D eigenvalue weighted by Gasteiger charge is 2.33. The number of rotatable bonds is 4. The Balaban J connectivity index is 1.87. The second-order valence-electron chi connectivity index (χ2n) is 5.26. The molecule has 3 heterocycles. The molecule has 3 rings (SSSR count). The summed E-state index contributed by atoms with van der Waals surface area (Å²) in [6.07, 6.45) is -0.802. The smallest absolute Gasteiger partial charge is 0.407 e. The van der Waals surface area contributed by atoms with E-state index in [2.05, 4.69) is 25.6 Å². The molecule has 3 N–H and O–H groups in total. The molecule has 0 spiro atoms. The molecule has 0 atom stereocenters. The molecule has 0 radical (unpaired) electrons. The Bertz CT molecular complexity index is 826. The number of nitrogens with one attached hydrogen (secondary N) is 2. The summed E-state index contributed by atoms with van der Waals surface area (Å²) >= 11 is 5.86. The Labute approximate surface area is 147 Å². The summed E-state index contributed by atoms with van der Waals surface area (Å²) in [5.74, 6) is -0.0782. The van der Waals surface area contributed by atoms with Crippen LogP contribution < -0.4 is 15.5 Å². The number of nitrogens with zero attached hydrogens (tertiary/aromatic N) is 4. The van der Waals surface area contributed by atoms with Crippen LogP contribution in [0.1, 0.15) is 0 Å². The van der Waals surface area contributed by atoms with E-state index in [0.29, 0.717) is 24.4 Å². The average molecular weight is 367 g/mol. The zero-order valence-electron chi connectivity index (χ0n) is 13.2. The number of carbonyl (C=O) groups excluding carboxylic acids is 2. The maximum absolute atomic E-state index is 11.5. The fourth-order valence-electron chi connectivity index (χ4n) is 2.28. The molecule has 2 amide bonds. The molecular weight excluding hydrogens is 352 g/mol. The number of carbonyl (C=O) groups is 2. The number of amides is 2. The van der Waals surface area contributed by atoms with E-state index in [-0.39, 0.29) is 22.7 Å². The Kier molecular flexibility index (Phi) is 4.81. The highest BCUT2D eigenvalue weighted by Crippen LogP contribution is 2.29. The summed E-state index contributed by atoms with van der Waals surface area (Å²) in [7, 11) is 1.48. The van der Waals surface area contributed by atoms with Gasteiger partial charge in [0, 0.05) is 7.05 Å². The van der Waals surface area contributed by atoms with Crippen LogP contribution in [0.2, 0.25) is 5.15 Å². The van der Waals surface area contributed by atoms with Crippen molar-refractivity contribution < 1.29 is 19.4 Å². The summed E-state index contributed by atoms with van der Waals surface area (Å²) in [5, 5.41) is 14.1. The lowest BCUT2D eigenvalue weighted by molar-refractivity contribution is -0.118. The maximum atomic E-state index is 11.5. The third kappa shape index (κ3) is 3.69. The molecule has 1 aliphatic heterocycles. The normalized spacial score (nSPS) is 14.1. The number of anilines is 2. The van der Waals surface area contributed by atoms with Gasteiger partial charge in [0.15, 0.2) is 17.3 Å². The first-order valence-electron chi connectivity index (χ1n) is 7.38. The van der Waals surface area contributed by atoms with Crippen molar-refractivity contribution in [1.29, 1.82) is 0 Å². The molecule has 11 heteroatoms. The van der Waals surface area contributed by atoms with Gasteiger partial charge in [-0.25, -0.2) is 19.7 Å². The van der Waals surface area contributed by atoms with Crippen LogP contribution in [0.25, 0.3) is 11.2 Å². The maximum Gasteiger partial charge on any atom is 0.407 e. The monoisotopic (exact) mass is 366 g/mol. The van der Waals surface area contributed by atoms with E-state index in [0.717, 1.165) is 0 Å². The number of halogens is 1. The zero-order valence-corrected chi connectivity index (χ0v) is 13.9. The minimum absolute atomic E-state index is 0.153. The van der Waals surface area contributed by atoms with Crippen LogP contribution in [0.5, 0.6) is 0 Å². The van der Waals surface area contributed by atoms with Crippen molar-refractivity contribution in [2.75, 3.05) is 37.0 Å². The van der Waals surface area contributed by atoms with Crippen LogP contribution in [0.4, 0.5) is 16.4 Å². The molecule has 1 saturated heterocycles. The van der Waals surface area contributed by atoms with Crippen LogP contribution in [0.15, 0.2) is 12.1 Å². The van der Waals surface area contributed by atoms with Crippen LogP contribution in [0, 0.1) is 0 Å². The van der Waals surface area contributed by atoms with E-state index in [1.54, 1.807) is 17.0 Å². The van der Waals surface area contributed by atoms with E-state index in [1.165, 1.54) is 7.05 Å². The molecule has 0 unspecified atom stereocenters. The first-order valence-corrected chi connectivity index (χ1v) is 7.76. The summed E-state index contributed by atoms with van der Waals surface area (Å²) in [5.41, 5.74) is 0.764. The van der Waals surface area contributed by atoms with Crippen LogP contribution in [0.3, 0.4) is 0 Å². The van der Waals surface area contributed by atoms with Crippen LogP contribution >= 0.6 is 11.6 Å². The minimum atomic E-state index is -0.690. The van der Waals surface area contributed by atoms with E-state index in [4.69, 9.17) is 21.4 Å². The van der Waals surface area contributed by atoms with E-state index in [9.17, 15) is 9.59 Å². The molecular formula is C14H15ClN6O4. The largest absolute Gasteiger partial charge is 0.442 e. The van der Waals surface area contributed by atoms with Crippen molar-refractivity contribution in [3.05, 3.63) is 17.3 Å². The Hall–Kier alpha value is -2.72. The molecule has 2 aromatic heterocycles. The lowest BCUT2D eigenvalue weighted by Gasteiger charge is -2.39. The second kappa shape index (κ2) is 7.03. The van der Waals surface area contributed by atoms with Crippen LogP contribution in [-0.4, -0.2) is 64.9 Å². The van der Waals surface area contributed by atoms with Gasteiger partial charge in [-0.15, -0.1) is 0 Å². The molecule has 0 bridgehead atoms. The first kappa shape index (κ1) is 17.1. The van der Waals surface area contributed by atoms with Crippen molar-refractivity contribution in [2.45, 2.75) is 6.10 Å². The van der Waals surface area contributed by atoms with Gasteiger partial charge >= 0.3 is 6.09 Å². The van der Waals surface area contributed by atoms with Gasteiger partial charge < -0.3 is 25.4 Å². The van der Waals surface area contributed by atoms with Gasteiger partial charge in [0.1, 0.15) is 23.4 Å². The third-order valence-electron chi connectivity index (χ3n) is 3.50. The number of aliphatic hydroxyl groups is 1. The van der Waals surface area contributed by atoms with Crippen molar-refractivity contribution in [3.8, 4) is 0 Å². The predicted molar refractivity (Wildman–Crippen MR) is 89.6 cm³/mol. The Morgan fingerprint density at radius 1 is 1.36 bits per heavy atom. The zero-order chi connectivity index (χ0) is 18.0. The Morgan fingerprint density at radius 2 is 2.12 bits per heavy atom. The highest BCUT2D eigenvalue weighted by atomic mass is 35.5. The van der Waals surface area contributed by atoms with Gasteiger partial charge in [-0.2, -0.15) is 0 Å². The number of aliphatic hydroxyl groups excluding tert-OH is 1. The molecule has 0 aliphatic carbocycles. The number of ether oxygens (including phenoxy) is 1. The van der Waals surface area contributed by atoms with Crippen molar-refractivity contribution >= 4 is 46.4 Å². The number of hydrogen-bond donors (Lipinski definition) is 3. The van der Waals surface area contributed by atoms with E-state index >= 15 is 0 Å². The van der Waals surface area contributed by atoms with Crippen molar-refractivity contribution in [1.82, 2.24) is 20.3 Å². The predicted octanol–water partition coefficient (Wildman–Crippen LogP) is 0.154. The standard InChI is InChI=1S/C14H15ClN6O4/c1-16-14(24)25-7-4-21(5-7)13-12(19-10(23)6-22)20-11-8(17-13)2-3-9(15)18-11/h2-3,7,22H,4-6H2,1H3,(H,16,24)(H,18,19,20,23). The first-order chi connectivity index (χ1) is 12.0. The highest BCUT2D eigenvalue weighted by molar-refractivity contribution is 6.29. The summed E-state index contributed by atoms with van der Waals surface area (Å²) in [6.45, 7) is 0.109. The molecule has 0 aromatic carbocycles. The minimum Gasteiger partial charge on any atom is -0.442 e. The van der Waals surface area contributed by atoms with Gasteiger partial charge in [-0.05, 0) is 12.1 Å². The number of hydrogen-bond acceptors (Lipinski definition) is 8. The van der Waals surface area contributed by atoms with E-state index < -0.39 is 18.6 Å². The van der Waals surface area contributed by atoms with Crippen LogP contribution in [-0.2, 0) is 9.53 Å². The second-order valence-corrected chi connectivity index (χ2v) is 5.65. The fraction of sp³-hybridized carbons (Fsp3) is 0.357. The van der Waals surface area contributed by atoms with Gasteiger partial charge in [0.2, 0.25) is 0 Å². The number of alkyl carbamates (subject to hydrolysis) is 1. The lowest BCUT2D eigenvalue weighted by atomic mass is 10.1. The van der Waals surface area contributed by atoms with Crippen molar-refractivity contribution in [3.63, 3.8) is 0 Å². The number of aromatic nitrogens is 3. The molecule has 1 fully saturated rings. The molecule has 0 saturated carbocycles. The van der Waals surface area contributed by atoms with Gasteiger partial charge in [0.05, 0.1) is 13.1 Å².